The Bertz CT molecular complexity index is 477. The lowest BCUT2D eigenvalue weighted by molar-refractivity contribution is 0.299. The summed E-state index contributed by atoms with van der Waals surface area (Å²) in [7, 11) is 0. The van der Waals surface area contributed by atoms with Crippen LogP contribution in [0.5, 0.6) is 0 Å². The van der Waals surface area contributed by atoms with Crippen molar-refractivity contribution in [2.75, 3.05) is 0 Å². The number of benzene rings is 2. The molecule has 1 saturated carbocycles. The predicted octanol–water partition coefficient (Wildman–Crippen LogP) is 3.74. The van der Waals surface area contributed by atoms with Crippen LogP contribution in [0.15, 0.2) is 60.7 Å². The molecule has 0 unspecified atom stereocenters. The zero-order valence-corrected chi connectivity index (χ0v) is 9.58. The highest BCUT2D eigenvalue weighted by atomic mass is 16.3. The summed E-state index contributed by atoms with van der Waals surface area (Å²) in [6.45, 7) is 0. The number of aliphatic hydroxyl groups excluding tert-OH is 1. The van der Waals surface area contributed by atoms with Gasteiger partial charge in [-0.1, -0.05) is 60.7 Å². The summed E-state index contributed by atoms with van der Waals surface area (Å²) < 4.78 is 0. The summed E-state index contributed by atoms with van der Waals surface area (Å²) in [4.78, 5) is 0. The van der Waals surface area contributed by atoms with E-state index in [1.807, 2.05) is 36.4 Å². The first-order chi connectivity index (χ1) is 8.36. The van der Waals surface area contributed by atoms with Gasteiger partial charge in [0, 0.05) is 5.92 Å². The molecule has 2 aromatic carbocycles. The van der Waals surface area contributed by atoms with Gasteiger partial charge in [0.05, 0.1) is 0 Å². The molecule has 2 aromatic rings. The molecule has 1 nitrogen and oxygen atoms in total. The van der Waals surface area contributed by atoms with Crippen LogP contribution in [0, 0.1) is 12.0 Å². The first-order valence-electron chi connectivity index (χ1n) is 6.02. The van der Waals surface area contributed by atoms with Crippen LogP contribution in [0.4, 0.5) is 0 Å². The highest BCUT2D eigenvalue weighted by molar-refractivity contribution is 5.36. The van der Waals surface area contributed by atoms with Crippen LogP contribution in [0.3, 0.4) is 0 Å². The van der Waals surface area contributed by atoms with Crippen LogP contribution >= 0.6 is 0 Å². The Hall–Kier alpha value is -1.60. The fourth-order valence-electron chi connectivity index (χ4n) is 2.39. The van der Waals surface area contributed by atoms with Crippen molar-refractivity contribution in [2.24, 2.45) is 5.92 Å². The minimum atomic E-state index is 0.305. The Balaban J connectivity index is 1.73. The van der Waals surface area contributed by atoms with E-state index in [1.165, 1.54) is 5.56 Å². The van der Waals surface area contributed by atoms with E-state index in [-0.39, 0.29) is 0 Å². The molecule has 1 aliphatic rings. The smallest absolute Gasteiger partial charge is 0.126 e. The van der Waals surface area contributed by atoms with Crippen LogP contribution in [0.2, 0.25) is 0 Å². The Kier molecular flexibility index (Phi) is 2.69. The Morgan fingerprint density at radius 2 is 1.47 bits per heavy atom. The van der Waals surface area contributed by atoms with Crippen LogP contribution in [0.25, 0.3) is 0 Å². The molecule has 1 radical (unpaired) electrons. The molecule has 0 bridgehead atoms. The third-order valence-corrected chi connectivity index (χ3v) is 3.44. The van der Waals surface area contributed by atoms with Crippen LogP contribution < -0.4 is 0 Å². The number of aliphatic hydroxyl groups is 1. The minimum Gasteiger partial charge on any atom is -0.381 e. The fraction of sp³-hybridized carbons (Fsp3) is 0.188. The maximum atomic E-state index is 10.2. The van der Waals surface area contributed by atoms with Gasteiger partial charge in [-0.05, 0) is 23.5 Å². The summed E-state index contributed by atoms with van der Waals surface area (Å²) in [6, 6.07) is 20.3. The van der Waals surface area contributed by atoms with Crippen molar-refractivity contribution in [1.29, 1.82) is 0 Å². The average molecular weight is 223 g/mol. The molecule has 85 valence electrons. The molecule has 0 heterocycles. The highest BCUT2D eigenvalue weighted by Crippen LogP contribution is 2.53. The van der Waals surface area contributed by atoms with Crippen molar-refractivity contribution >= 4 is 0 Å². The number of hydrogen-bond donors (Lipinski definition) is 1. The SMILES string of the molecule is O[C](c1ccccc1)[C@@H]1C[C@H]1c1ccccc1. The minimum absolute atomic E-state index is 0.305. The summed E-state index contributed by atoms with van der Waals surface area (Å²) in [5.74, 6) is 0.802. The first kappa shape index (κ1) is 10.5. The van der Waals surface area contributed by atoms with E-state index in [2.05, 4.69) is 24.3 Å². The van der Waals surface area contributed by atoms with Gasteiger partial charge in [0.15, 0.2) is 0 Å². The van der Waals surface area contributed by atoms with Crippen molar-refractivity contribution in [3.63, 3.8) is 0 Å². The zero-order valence-electron chi connectivity index (χ0n) is 9.58. The van der Waals surface area contributed by atoms with Gasteiger partial charge in [-0.25, -0.2) is 0 Å². The Labute approximate surface area is 102 Å². The van der Waals surface area contributed by atoms with Crippen molar-refractivity contribution in [3.8, 4) is 0 Å². The molecule has 0 aliphatic heterocycles. The fourth-order valence-corrected chi connectivity index (χ4v) is 2.39. The quantitative estimate of drug-likeness (QED) is 0.840. The molecule has 3 rings (SSSR count). The molecular formula is C16H15O. The van der Waals surface area contributed by atoms with Gasteiger partial charge in [-0.3, -0.25) is 0 Å². The second-order valence-corrected chi connectivity index (χ2v) is 4.61. The zero-order chi connectivity index (χ0) is 11.7. The summed E-state index contributed by atoms with van der Waals surface area (Å²) >= 11 is 0. The number of rotatable bonds is 3. The molecular weight excluding hydrogens is 208 g/mol. The van der Waals surface area contributed by atoms with Crippen LogP contribution in [0.1, 0.15) is 23.5 Å². The summed E-state index contributed by atoms with van der Waals surface area (Å²) in [5, 5.41) is 10.2. The predicted molar refractivity (Wildman–Crippen MR) is 68.0 cm³/mol. The Morgan fingerprint density at radius 1 is 0.882 bits per heavy atom. The molecule has 1 N–H and O–H groups in total. The molecule has 1 fully saturated rings. The lowest BCUT2D eigenvalue weighted by atomic mass is 10.0. The average Bonchev–Trinajstić information content (AvgIpc) is 3.20. The van der Waals surface area contributed by atoms with Crippen molar-refractivity contribution in [1.82, 2.24) is 0 Å². The lowest BCUT2D eigenvalue weighted by Crippen LogP contribution is -2.02. The van der Waals surface area contributed by atoms with Crippen molar-refractivity contribution < 1.29 is 5.11 Å². The van der Waals surface area contributed by atoms with Crippen molar-refractivity contribution in [2.45, 2.75) is 12.3 Å². The molecule has 0 spiro atoms. The largest absolute Gasteiger partial charge is 0.381 e. The summed E-state index contributed by atoms with van der Waals surface area (Å²) in [6.07, 6.45) is 1.60. The van der Waals surface area contributed by atoms with Gasteiger partial charge < -0.3 is 5.11 Å². The van der Waals surface area contributed by atoms with Gasteiger partial charge >= 0.3 is 0 Å². The molecule has 0 amide bonds. The number of hydrogen-bond acceptors (Lipinski definition) is 1. The summed E-state index contributed by atoms with van der Waals surface area (Å²) in [5.41, 5.74) is 2.29. The maximum absolute atomic E-state index is 10.2. The van der Waals surface area contributed by atoms with E-state index >= 15 is 0 Å². The van der Waals surface area contributed by atoms with Crippen LogP contribution in [-0.4, -0.2) is 5.11 Å². The highest BCUT2D eigenvalue weighted by Gasteiger charge is 2.44. The second kappa shape index (κ2) is 4.34. The van der Waals surface area contributed by atoms with Gasteiger partial charge in [-0.15, -0.1) is 0 Å². The maximum Gasteiger partial charge on any atom is 0.126 e. The monoisotopic (exact) mass is 223 g/mol. The molecule has 1 aliphatic carbocycles. The molecule has 0 saturated heterocycles. The molecule has 1 heteroatoms. The molecule has 2 atom stereocenters. The van der Waals surface area contributed by atoms with E-state index in [0.717, 1.165) is 12.0 Å². The van der Waals surface area contributed by atoms with E-state index in [4.69, 9.17) is 0 Å². The molecule has 17 heavy (non-hydrogen) atoms. The van der Waals surface area contributed by atoms with E-state index in [0.29, 0.717) is 17.9 Å². The normalized spacial score (nSPS) is 22.7. The third kappa shape index (κ3) is 2.11. The van der Waals surface area contributed by atoms with Gasteiger partial charge in [0.1, 0.15) is 6.10 Å². The standard InChI is InChI=1S/C16H15O/c17-16(13-9-5-2-6-10-13)15-11-14(15)12-7-3-1-4-8-12/h1-10,14-15,17H,11H2/t14-,15+/m0/s1. The van der Waals surface area contributed by atoms with Gasteiger partial charge in [0.2, 0.25) is 0 Å². The van der Waals surface area contributed by atoms with E-state index in [1.54, 1.807) is 0 Å². The van der Waals surface area contributed by atoms with E-state index in [9.17, 15) is 5.11 Å². The van der Waals surface area contributed by atoms with E-state index < -0.39 is 0 Å². The van der Waals surface area contributed by atoms with Gasteiger partial charge in [0.25, 0.3) is 0 Å². The first-order valence-corrected chi connectivity index (χ1v) is 6.02. The Morgan fingerprint density at radius 3 is 2.12 bits per heavy atom. The van der Waals surface area contributed by atoms with Crippen molar-refractivity contribution in [3.05, 3.63) is 77.9 Å². The van der Waals surface area contributed by atoms with Gasteiger partial charge in [-0.2, -0.15) is 0 Å². The van der Waals surface area contributed by atoms with Crippen LogP contribution in [-0.2, 0) is 0 Å². The lowest BCUT2D eigenvalue weighted by Gasteiger charge is -2.09. The topological polar surface area (TPSA) is 20.2 Å². The molecule has 0 aromatic heterocycles. The third-order valence-electron chi connectivity index (χ3n) is 3.44. The second-order valence-electron chi connectivity index (χ2n) is 4.61.